The molecule has 1 rings (SSSR count). The highest BCUT2D eigenvalue weighted by Crippen LogP contribution is 2.21. The van der Waals surface area contributed by atoms with Crippen LogP contribution in [0, 0.1) is 5.92 Å². The number of carbonyl (C=O) groups is 1. The van der Waals surface area contributed by atoms with Crippen LogP contribution in [0.3, 0.4) is 0 Å². The van der Waals surface area contributed by atoms with Crippen molar-refractivity contribution in [3.05, 3.63) is 0 Å². The summed E-state index contributed by atoms with van der Waals surface area (Å²) in [5.74, 6) is 0.761. The molecule has 0 spiro atoms. The number of piperidine rings is 1. The van der Waals surface area contributed by atoms with Gasteiger partial charge < -0.3 is 4.90 Å². The fourth-order valence-electron chi connectivity index (χ4n) is 2.60. The fraction of sp³-hybridized carbons (Fsp3) is 0.929. The highest BCUT2D eigenvalue weighted by molar-refractivity contribution is 7.88. The molecule has 0 aliphatic carbocycles. The number of hydrogen-bond acceptors (Lipinski definition) is 3. The van der Waals surface area contributed by atoms with Crippen LogP contribution in [-0.2, 0) is 14.8 Å². The molecule has 20 heavy (non-hydrogen) atoms. The quantitative estimate of drug-likeness (QED) is 0.779. The lowest BCUT2D eigenvalue weighted by Gasteiger charge is -2.36. The molecule has 1 N–H and O–H groups in total. The van der Waals surface area contributed by atoms with Crippen LogP contribution in [0.5, 0.6) is 0 Å². The van der Waals surface area contributed by atoms with Crippen LogP contribution in [0.4, 0.5) is 0 Å². The van der Waals surface area contributed by atoms with Gasteiger partial charge in [0.25, 0.3) is 0 Å². The molecule has 0 aromatic carbocycles. The number of rotatable bonds is 7. The van der Waals surface area contributed by atoms with Gasteiger partial charge in [0.2, 0.25) is 15.9 Å². The van der Waals surface area contributed by atoms with Crippen LogP contribution in [0.1, 0.15) is 52.4 Å². The van der Waals surface area contributed by atoms with Crippen molar-refractivity contribution < 1.29 is 13.2 Å². The van der Waals surface area contributed by atoms with Gasteiger partial charge in [0.1, 0.15) is 0 Å². The number of nitrogens with zero attached hydrogens (tertiary/aromatic N) is 1. The Morgan fingerprint density at radius 3 is 2.65 bits per heavy atom. The number of carbonyl (C=O) groups excluding carboxylic acids is 1. The van der Waals surface area contributed by atoms with E-state index in [4.69, 9.17) is 0 Å². The predicted octanol–water partition coefficient (Wildman–Crippen LogP) is 1.74. The maximum absolute atomic E-state index is 12.3. The van der Waals surface area contributed by atoms with Crippen molar-refractivity contribution in [2.75, 3.05) is 19.3 Å². The summed E-state index contributed by atoms with van der Waals surface area (Å²) in [7, 11) is -3.14. The van der Waals surface area contributed by atoms with Crippen LogP contribution in [0.2, 0.25) is 0 Å². The third-order valence-electron chi connectivity index (χ3n) is 3.72. The van der Waals surface area contributed by atoms with Gasteiger partial charge in [0, 0.05) is 25.6 Å². The zero-order valence-electron chi connectivity index (χ0n) is 12.9. The van der Waals surface area contributed by atoms with E-state index in [2.05, 4.69) is 18.6 Å². The molecule has 1 aliphatic rings. The minimum Gasteiger partial charge on any atom is -0.340 e. The number of amides is 1. The highest BCUT2D eigenvalue weighted by atomic mass is 32.2. The molecule has 1 aliphatic heterocycles. The van der Waals surface area contributed by atoms with Gasteiger partial charge in [-0.05, 0) is 38.0 Å². The Morgan fingerprint density at radius 2 is 2.05 bits per heavy atom. The lowest BCUT2D eigenvalue weighted by atomic mass is 9.98. The van der Waals surface area contributed by atoms with Crippen molar-refractivity contribution in [1.29, 1.82) is 0 Å². The monoisotopic (exact) mass is 304 g/mol. The second kappa shape index (κ2) is 7.98. The largest absolute Gasteiger partial charge is 0.340 e. The molecular weight excluding hydrogens is 276 g/mol. The Morgan fingerprint density at radius 1 is 1.35 bits per heavy atom. The summed E-state index contributed by atoms with van der Waals surface area (Å²) in [6.45, 7) is 5.48. The lowest BCUT2D eigenvalue weighted by molar-refractivity contribution is -0.135. The van der Waals surface area contributed by atoms with Crippen molar-refractivity contribution in [2.45, 2.75) is 58.4 Å². The number of hydrogen-bond donors (Lipinski definition) is 1. The van der Waals surface area contributed by atoms with Crippen molar-refractivity contribution in [3.8, 4) is 0 Å². The summed E-state index contributed by atoms with van der Waals surface area (Å²) >= 11 is 0. The second-order valence-corrected chi connectivity index (χ2v) is 7.96. The first-order chi connectivity index (χ1) is 9.29. The SMILES string of the molecule is CC(C)CCC(=O)N1CCCCC1CCNS(C)(=O)=O. The Labute approximate surface area is 123 Å². The van der Waals surface area contributed by atoms with E-state index in [0.29, 0.717) is 25.3 Å². The highest BCUT2D eigenvalue weighted by Gasteiger charge is 2.26. The van der Waals surface area contributed by atoms with E-state index in [-0.39, 0.29) is 11.9 Å². The van der Waals surface area contributed by atoms with E-state index in [1.54, 1.807) is 0 Å². The smallest absolute Gasteiger partial charge is 0.222 e. The van der Waals surface area contributed by atoms with Crippen LogP contribution in [-0.4, -0.2) is 44.6 Å². The Hall–Kier alpha value is -0.620. The molecular formula is C14H28N2O3S. The molecule has 1 saturated heterocycles. The summed E-state index contributed by atoms with van der Waals surface area (Å²) in [6.07, 6.45) is 6.57. The van der Waals surface area contributed by atoms with Gasteiger partial charge >= 0.3 is 0 Å². The predicted molar refractivity (Wildman–Crippen MR) is 80.9 cm³/mol. The molecule has 5 nitrogen and oxygen atoms in total. The van der Waals surface area contributed by atoms with Gasteiger partial charge in [-0.15, -0.1) is 0 Å². The fourth-order valence-corrected chi connectivity index (χ4v) is 3.08. The van der Waals surface area contributed by atoms with E-state index >= 15 is 0 Å². The zero-order chi connectivity index (χ0) is 15.2. The third-order valence-corrected chi connectivity index (χ3v) is 4.45. The first-order valence-electron chi connectivity index (χ1n) is 7.53. The molecule has 1 amide bonds. The molecule has 1 atom stereocenters. The van der Waals surface area contributed by atoms with Crippen LogP contribution < -0.4 is 4.72 Å². The number of nitrogens with one attached hydrogen (secondary N) is 1. The Balaban J connectivity index is 2.47. The molecule has 1 unspecified atom stereocenters. The topological polar surface area (TPSA) is 66.5 Å². The van der Waals surface area contributed by atoms with Gasteiger partial charge in [0.15, 0.2) is 0 Å². The minimum absolute atomic E-state index is 0.192. The van der Waals surface area contributed by atoms with Crippen molar-refractivity contribution in [1.82, 2.24) is 9.62 Å². The van der Waals surface area contributed by atoms with E-state index in [1.165, 1.54) is 6.26 Å². The van der Waals surface area contributed by atoms with Gasteiger partial charge in [-0.2, -0.15) is 0 Å². The third kappa shape index (κ3) is 6.70. The van der Waals surface area contributed by atoms with Crippen molar-refractivity contribution in [2.24, 2.45) is 5.92 Å². The Kier molecular flexibility index (Phi) is 6.95. The van der Waals surface area contributed by atoms with Crippen LogP contribution in [0.25, 0.3) is 0 Å². The summed E-state index contributed by atoms with van der Waals surface area (Å²) in [5.41, 5.74) is 0. The zero-order valence-corrected chi connectivity index (χ0v) is 13.7. The van der Waals surface area contributed by atoms with Crippen molar-refractivity contribution >= 4 is 15.9 Å². The number of likely N-dealkylation sites (tertiary alicyclic amines) is 1. The Bertz CT molecular complexity index is 407. The first-order valence-corrected chi connectivity index (χ1v) is 9.43. The summed E-state index contributed by atoms with van der Waals surface area (Å²) in [5, 5.41) is 0. The standard InChI is InChI=1S/C14H28N2O3S/c1-12(2)7-8-14(17)16-11-5-4-6-13(16)9-10-15-20(3,18)19/h12-13,15H,4-11H2,1-3H3. The molecule has 118 valence electrons. The van der Waals surface area contributed by atoms with E-state index < -0.39 is 10.0 Å². The number of sulfonamides is 1. The lowest BCUT2D eigenvalue weighted by Crippen LogP contribution is -2.45. The molecule has 1 fully saturated rings. The van der Waals surface area contributed by atoms with E-state index in [9.17, 15) is 13.2 Å². The van der Waals surface area contributed by atoms with Gasteiger partial charge in [-0.3, -0.25) is 4.79 Å². The molecule has 0 aromatic heterocycles. The van der Waals surface area contributed by atoms with Gasteiger partial charge in [-0.25, -0.2) is 13.1 Å². The molecule has 1 heterocycles. The summed E-state index contributed by atoms with van der Waals surface area (Å²) in [6, 6.07) is 0.192. The van der Waals surface area contributed by atoms with Crippen LogP contribution in [0.15, 0.2) is 0 Å². The maximum atomic E-state index is 12.3. The average Bonchev–Trinajstić information content (AvgIpc) is 2.35. The second-order valence-electron chi connectivity index (χ2n) is 6.12. The summed E-state index contributed by atoms with van der Waals surface area (Å²) in [4.78, 5) is 14.2. The molecule has 0 saturated carbocycles. The molecule has 0 aromatic rings. The van der Waals surface area contributed by atoms with Crippen LogP contribution >= 0.6 is 0 Å². The summed E-state index contributed by atoms with van der Waals surface area (Å²) < 4.78 is 24.7. The first kappa shape index (κ1) is 17.4. The normalized spacial score (nSPS) is 20.4. The van der Waals surface area contributed by atoms with Crippen molar-refractivity contribution in [3.63, 3.8) is 0 Å². The molecule has 0 radical (unpaired) electrons. The molecule has 0 bridgehead atoms. The van der Waals surface area contributed by atoms with E-state index in [1.807, 2.05) is 4.90 Å². The molecule has 6 heteroatoms. The van der Waals surface area contributed by atoms with Gasteiger partial charge in [0.05, 0.1) is 6.26 Å². The minimum atomic E-state index is -3.14. The van der Waals surface area contributed by atoms with Gasteiger partial charge in [-0.1, -0.05) is 13.8 Å². The maximum Gasteiger partial charge on any atom is 0.222 e. The van der Waals surface area contributed by atoms with E-state index in [0.717, 1.165) is 32.2 Å². The average molecular weight is 304 g/mol.